The topological polar surface area (TPSA) is 89.5 Å². The van der Waals surface area contributed by atoms with Crippen molar-refractivity contribution in [1.29, 1.82) is 0 Å². The second kappa shape index (κ2) is 6.41. The standard InChI is InChI=1S/C14H18ClN3O3/c1-17(12-4-2-11(16)3-5-12)14(19)9-6-10(15)8-13(7-9)18(20)21/h6-8,11-12H,2-5,16H2,1H3. The SMILES string of the molecule is CN(C(=O)c1cc(Cl)cc([N+](=O)[O-])c1)C1CCC(N)CC1. The van der Waals surface area contributed by atoms with Crippen LogP contribution in [-0.2, 0) is 0 Å². The first-order valence-electron chi connectivity index (χ1n) is 6.86. The summed E-state index contributed by atoms with van der Waals surface area (Å²) in [5.41, 5.74) is 5.93. The molecule has 7 heteroatoms. The second-order valence-corrected chi connectivity index (χ2v) is 5.88. The highest BCUT2D eigenvalue weighted by molar-refractivity contribution is 6.31. The van der Waals surface area contributed by atoms with Gasteiger partial charge in [-0.2, -0.15) is 0 Å². The number of amides is 1. The Bertz CT molecular complexity index is 556. The quantitative estimate of drug-likeness (QED) is 0.686. The molecule has 1 aliphatic carbocycles. The molecule has 114 valence electrons. The number of nitrogens with two attached hydrogens (primary N) is 1. The van der Waals surface area contributed by atoms with Gasteiger partial charge in [-0.25, -0.2) is 0 Å². The minimum Gasteiger partial charge on any atom is -0.339 e. The van der Waals surface area contributed by atoms with E-state index in [2.05, 4.69) is 0 Å². The zero-order valence-corrected chi connectivity index (χ0v) is 12.5. The Morgan fingerprint density at radius 2 is 1.95 bits per heavy atom. The Balaban J connectivity index is 2.17. The minimum atomic E-state index is -0.553. The maximum atomic E-state index is 12.5. The summed E-state index contributed by atoms with van der Waals surface area (Å²) in [6.07, 6.45) is 3.48. The van der Waals surface area contributed by atoms with Gasteiger partial charge in [0, 0.05) is 41.9 Å². The van der Waals surface area contributed by atoms with Crippen LogP contribution in [0.1, 0.15) is 36.0 Å². The van der Waals surface area contributed by atoms with Crippen molar-refractivity contribution in [2.24, 2.45) is 5.73 Å². The molecule has 21 heavy (non-hydrogen) atoms. The van der Waals surface area contributed by atoms with Gasteiger partial charge in [0.15, 0.2) is 0 Å². The lowest BCUT2D eigenvalue weighted by molar-refractivity contribution is -0.384. The number of hydrogen-bond donors (Lipinski definition) is 1. The van der Waals surface area contributed by atoms with Gasteiger partial charge in [-0.05, 0) is 31.7 Å². The van der Waals surface area contributed by atoms with Crippen molar-refractivity contribution in [2.75, 3.05) is 7.05 Å². The van der Waals surface area contributed by atoms with Crippen LogP contribution in [0.2, 0.25) is 5.02 Å². The van der Waals surface area contributed by atoms with E-state index >= 15 is 0 Å². The summed E-state index contributed by atoms with van der Waals surface area (Å²) in [5, 5.41) is 11.0. The molecule has 0 aromatic heterocycles. The van der Waals surface area contributed by atoms with Gasteiger partial charge in [-0.1, -0.05) is 11.6 Å². The Morgan fingerprint density at radius 3 is 2.52 bits per heavy atom. The zero-order chi connectivity index (χ0) is 15.6. The van der Waals surface area contributed by atoms with Gasteiger partial charge in [0.1, 0.15) is 0 Å². The van der Waals surface area contributed by atoms with E-state index in [4.69, 9.17) is 17.3 Å². The number of carbonyl (C=O) groups is 1. The smallest absolute Gasteiger partial charge is 0.271 e. The summed E-state index contributed by atoms with van der Waals surface area (Å²) in [6, 6.07) is 4.28. The molecule has 0 saturated heterocycles. The second-order valence-electron chi connectivity index (χ2n) is 5.44. The zero-order valence-electron chi connectivity index (χ0n) is 11.8. The van der Waals surface area contributed by atoms with Crippen LogP contribution >= 0.6 is 11.6 Å². The van der Waals surface area contributed by atoms with E-state index in [-0.39, 0.29) is 34.3 Å². The number of nitro benzene ring substituents is 1. The number of halogens is 1. The number of hydrogen-bond acceptors (Lipinski definition) is 4. The van der Waals surface area contributed by atoms with Crippen LogP contribution in [0.3, 0.4) is 0 Å². The molecule has 2 rings (SSSR count). The predicted molar refractivity (Wildman–Crippen MR) is 80.4 cm³/mol. The fraction of sp³-hybridized carbons (Fsp3) is 0.500. The average molecular weight is 312 g/mol. The molecule has 1 aromatic carbocycles. The number of nitro groups is 1. The number of nitrogens with zero attached hydrogens (tertiary/aromatic N) is 2. The Morgan fingerprint density at radius 1 is 1.33 bits per heavy atom. The fourth-order valence-electron chi connectivity index (χ4n) is 2.66. The lowest BCUT2D eigenvalue weighted by Crippen LogP contribution is -2.41. The molecule has 0 aliphatic heterocycles. The van der Waals surface area contributed by atoms with Gasteiger partial charge in [0.2, 0.25) is 0 Å². The van der Waals surface area contributed by atoms with Crippen molar-refractivity contribution >= 4 is 23.2 Å². The molecular weight excluding hydrogens is 294 g/mol. The lowest BCUT2D eigenvalue weighted by atomic mass is 9.90. The van der Waals surface area contributed by atoms with E-state index in [9.17, 15) is 14.9 Å². The third-order valence-corrected chi connectivity index (χ3v) is 4.17. The van der Waals surface area contributed by atoms with Gasteiger partial charge >= 0.3 is 0 Å². The van der Waals surface area contributed by atoms with Crippen LogP contribution < -0.4 is 5.73 Å². The first kappa shape index (κ1) is 15.7. The van der Waals surface area contributed by atoms with Crippen molar-refractivity contribution in [3.8, 4) is 0 Å². The van der Waals surface area contributed by atoms with Crippen LogP contribution in [0.5, 0.6) is 0 Å². The summed E-state index contributed by atoms with van der Waals surface area (Å²) < 4.78 is 0. The molecule has 0 unspecified atom stereocenters. The molecule has 2 N–H and O–H groups in total. The van der Waals surface area contributed by atoms with Crippen molar-refractivity contribution in [3.05, 3.63) is 38.9 Å². The van der Waals surface area contributed by atoms with E-state index in [0.717, 1.165) is 25.7 Å². The molecule has 1 aromatic rings. The van der Waals surface area contributed by atoms with Gasteiger partial charge in [0.25, 0.3) is 11.6 Å². The Kier molecular flexibility index (Phi) is 4.80. The average Bonchev–Trinajstić information content (AvgIpc) is 2.45. The molecule has 1 amide bonds. The van der Waals surface area contributed by atoms with Gasteiger partial charge in [0.05, 0.1) is 4.92 Å². The van der Waals surface area contributed by atoms with Crippen molar-refractivity contribution < 1.29 is 9.72 Å². The summed E-state index contributed by atoms with van der Waals surface area (Å²) >= 11 is 5.86. The molecule has 6 nitrogen and oxygen atoms in total. The van der Waals surface area contributed by atoms with Gasteiger partial charge < -0.3 is 10.6 Å². The third kappa shape index (κ3) is 3.71. The summed E-state index contributed by atoms with van der Waals surface area (Å²) in [7, 11) is 1.72. The van der Waals surface area contributed by atoms with E-state index in [1.165, 1.54) is 18.2 Å². The molecule has 1 saturated carbocycles. The molecule has 0 spiro atoms. The molecule has 0 heterocycles. The number of rotatable bonds is 3. The number of carbonyl (C=O) groups excluding carboxylic acids is 1. The number of non-ortho nitro benzene ring substituents is 1. The monoisotopic (exact) mass is 311 g/mol. The molecule has 1 fully saturated rings. The molecule has 1 aliphatic rings. The van der Waals surface area contributed by atoms with Gasteiger partial charge in [-0.3, -0.25) is 14.9 Å². The van der Waals surface area contributed by atoms with Crippen LogP contribution in [0.15, 0.2) is 18.2 Å². The minimum absolute atomic E-state index is 0.121. The van der Waals surface area contributed by atoms with E-state index in [1.54, 1.807) is 11.9 Å². The van der Waals surface area contributed by atoms with Crippen LogP contribution in [0.4, 0.5) is 5.69 Å². The van der Waals surface area contributed by atoms with Crippen molar-refractivity contribution in [1.82, 2.24) is 4.90 Å². The van der Waals surface area contributed by atoms with E-state index < -0.39 is 4.92 Å². The van der Waals surface area contributed by atoms with Crippen molar-refractivity contribution in [3.63, 3.8) is 0 Å². The fourth-order valence-corrected chi connectivity index (χ4v) is 2.89. The molecular formula is C14H18ClN3O3. The predicted octanol–water partition coefficient (Wildman–Crippen LogP) is 2.59. The van der Waals surface area contributed by atoms with Crippen molar-refractivity contribution in [2.45, 2.75) is 37.8 Å². The third-order valence-electron chi connectivity index (χ3n) is 3.95. The van der Waals surface area contributed by atoms with E-state index in [1.807, 2.05) is 0 Å². The summed E-state index contributed by atoms with van der Waals surface area (Å²) in [5.74, 6) is -0.249. The summed E-state index contributed by atoms with van der Waals surface area (Å²) in [4.78, 5) is 24.4. The molecule has 0 radical (unpaired) electrons. The van der Waals surface area contributed by atoms with Crippen LogP contribution in [0, 0.1) is 10.1 Å². The Hall–Kier alpha value is -1.66. The lowest BCUT2D eigenvalue weighted by Gasteiger charge is -2.33. The van der Waals surface area contributed by atoms with Crippen LogP contribution in [0.25, 0.3) is 0 Å². The Labute approximate surface area is 128 Å². The maximum absolute atomic E-state index is 12.5. The van der Waals surface area contributed by atoms with E-state index in [0.29, 0.717) is 0 Å². The maximum Gasteiger partial charge on any atom is 0.271 e. The molecule has 0 atom stereocenters. The van der Waals surface area contributed by atoms with Crippen LogP contribution in [-0.4, -0.2) is 34.9 Å². The van der Waals surface area contributed by atoms with Gasteiger partial charge in [-0.15, -0.1) is 0 Å². The molecule has 0 bridgehead atoms. The highest BCUT2D eigenvalue weighted by atomic mass is 35.5. The number of benzene rings is 1. The summed E-state index contributed by atoms with van der Waals surface area (Å²) in [6.45, 7) is 0. The first-order valence-corrected chi connectivity index (χ1v) is 7.24. The highest BCUT2D eigenvalue weighted by Crippen LogP contribution is 2.25. The first-order chi connectivity index (χ1) is 9.88. The highest BCUT2D eigenvalue weighted by Gasteiger charge is 2.26. The normalized spacial score (nSPS) is 21.9. The largest absolute Gasteiger partial charge is 0.339 e.